The van der Waals surface area contributed by atoms with Crippen molar-refractivity contribution >= 4 is 11.4 Å². The van der Waals surface area contributed by atoms with Gasteiger partial charge in [-0.2, -0.15) is 0 Å². The Labute approximate surface area is 105 Å². The molecular weight excluding hydrogens is 237 g/mol. The van der Waals surface area contributed by atoms with Crippen LogP contribution in [0.5, 0.6) is 0 Å². The average Bonchev–Trinajstić information content (AvgIpc) is 2.37. The van der Waals surface area contributed by atoms with Crippen molar-refractivity contribution in [2.45, 2.75) is 12.8 Å². The van der Waals surface area contributed by atoms with Crippen LogP contribution in [0.15, 0.2) is 18.2 Å². The van der Waals surface area contributed by atoms with E-state index in [4.69, 9.17) is 0 Å². The minimum absolute atomic E-state index is 0.220. The summed E-state index contributed by atoms with van der Waals surface area (Å²) >= 11 is 0. The molecule has 1 aromatic rings. The van der Waals surface area contributed by atoms with Gasteiger partial charge < -0.3 is 10.6 Å². The molecule has 1 saturated heterocycles. The first-order valence-corrected chi connectivity index (χ1v) is 6.05. The second-order valence-electron chi connectivity index (χ2n) is 4.53. The van der Waals surface area contributed by atoms with Gasteiger partial charge >= 0.3 is 0 Å². The molecule has 0 bridgehead atoms. The molecule has 1 fully saturated rings. The van der Waals surface area contributed by atoms with Gasteiger partial charge in [-0.05, 0) is 37.9 Å². The molecule has 2 rings (SSSR count). The Morgan fingerprint density at radius 2 is 2.11 bits per heavy atom. The molecule has 5 nitrogen and oxygen atoms in total. The Hall–Kier alpha value is -1.69. The van der Waals surface area contributed by atoms with Crippen LogP contribution in [0.2, 0.25) is 0 Å². The van der Waals surface area contributed by atoms with Crippen LogP contribution in [0, 0.1) is 21.8 Å². The summed E-state index contributed by atoms with van der Waals surface area (Å²) in [6.45, 7) is 2.72. The van der Waals surface area contributed by atoms with Crippen molar-refractivity contribution in [1.29, 1.82) is 0 Å². The van der Waals surface area contributed by atoms with E-state index >= 15 is 0 Å². The summed E-state index contributed by atoms with van der Waals surface area (Å²) in [6.07, 6.45) is 2.15. The van der Waals surface area contributed by atoms with Gasteiger partial charge in [0.2, 0.25) is 0 Å². The first-order valence-electron chi connectivity index (χ1n) is 6.05. The molecule has 0 spiro atoms. The van der Waals surface area contributed by atoms with Gasteiger partial charge in [-0.3, -0.25) is 10.1 Å². The second kappa shape index (κ2) is 5.77. The molecule has 1 aliphatic rings. The van der Waals surface area contributed by atoms with Crippen molar-refractivity contribution in [3.63, 3.8) is 0 Å². The summed E-state index contributed by atoms with van der Waals surface area (Å²) in [7, 11) is 0. The number of nitro groups is 1. The molecule has 18 heavy (non-hydrogen) atoms. The summed E-state index contributed by atoms with van der Waals surface area (Å²) in [6, 6.07) is 3.58. The maximum atomic E-state index is 13.2. The van der Waals surface area contributed by atoms with E-state index in [2.05, 4.69) is 10.6 Å². The van der Waals surface area contributed by atoms with Gasteiger partial charge in [-0.25, -0.2) is 4.39 Å². The van der Waals surface area contributed by atoms with E-state index in [1.165, 1.54) is 12.1 Å². The number of hydrogen-bond donors (Lipinski definition) is 2. The van der Waals surface area contributed by atoms with Gasteiger partial charge in [0.1, 0.15) is 5.82 Å². The molecule has 2 N–H and O–H groups in total. The largest absolute Gasteiger partial charge is 0.384 e. The van der Waals surface area contributed by atoms with Gasteiger partial charge in [-0.15, -0.1) is 0 Å². The van der Waals surface area contributed by atoms with Crippen LogP contribution in [0.4, 0.5) is 15.8 Å². The third-order valence-electron chi connectivity index (χ3n) is 3.15. The highest BCUT2D eigenvalue weighted by atomic mass is 19.1. The highest BCUT2D eigenvalue weighted by Crippen LogP contribution is 2.21. The highest BCUT2D eigenvalue weighted by Gasteiger charge is 2.14. The van der Waals surface area contributed by atoms with Gasteiger partial charge in [-0.1, -0.05) is 0 Å². The van der Waals surface area contributed by atoms with Gasteiger partial charge in [0.15, 0.2) is 0 Å². The summed E-state index contributed by atoms with van der Waals surface area (Å²) in [5, 5.41) is 17.0. The number of halogens is 1. The fourth-order valence-electron chi connectivity index (χ4n) is 2.13. The van der Waals surface area contributed by atoms with E-state index in [1.54, 1.807) is 0 Å². The van der Waals surface area contributed by atoms with Crippen LogP contribution in [0.1, 0.15) is 12.8 Å². The predicted molar refractivity (Wildman–Crippen MR) is 67.1 cm³/mol. The zero-order valence-electron chi connectivity index (χ0n) is 9.99. The molecule has 98 valence electrons. The number of benzene rings is 1. The Balaban J connectivity index is 1.97. The Bertz CT molecular complexity index is 433. The van der Waals surface area contributed by atoms with Crippen molar-refractivity contribution in [3.05, 3.63) is 34.1 Å². The van der Waals surface area contributed by atoms with E-state index in [1.807, 2.05) is 0 Å². The summed E-state index contributed by atoms with van der Waals surface area (Å²) < 4.78 is 13.2. The van der Waals surface area contributed by atoms with E-state index in [-0.39, 0.29) is 5.69 Å². The second-order valence-corrected chi connectivity index (χ2v) is 4.53. The summed E-state index contributed by atoms with van der Waals surface area (Å²) in [4.78, 5) is 10.0. The van der Waals surface area contributed by atoms with Crippen molar-refractivity contribution < 1.29 is 9.31 Å². The number of non-ortho nitro benzene ring substituents is 1. The summed E-state index contributed by atoms with van der Waals surface area (Å²) in [5.74, 6) is -0.0504. The number of nitrogens with zero attached hydrogens (tertiary/aromatic N) is 1. The van der Waals surface area contributed by atoms with Crippen LogP contribution in [0.3, 0.4) is 0 Å². The van der Waals surface area contributed by atoms with Crippen LogP contribution < -0.4 is 10.6 Å². The van der Waals surface area contributed by atoms with Gasteiger partial charge in [0, 0.05) is 18.3 Å². The molecule has 0 aliphatic carbocycles. The number of anilines is 1. The lowest BCUT2D eigenvalue weighted by Crippen LogP contribution is -2.31. The van der Waals surface area contributed by atoms with E-state index in [9.17, 15) is 14.5 Å². The molecule has 0 amide bonds. The lowest BCUT2D eigenvalue weighted by Gasteiger charge is -2.23. The molecular formula is C12H16FN3O2. The van der Waals surface area contributed by atoms with Crippen LogP contribution in [0.25, 0.3) is 0 Å². The highest BCUT2D eigenvalue weighted by molar-refractivity contribution is 5.51. The lowest BCUT2D eigenvalue weighted by molar-refractivity contribution is -0.385. The summed E-state index contributed by atoms with van der Waals surface area (Å²) in [5.41, 5.74) is 0.253. The molecule has 0 atom stereocenters. The zero-order valence-corrected chi connectivity index (χ0v) is 9.99. The van der Waals surface area contributed by atoms with E-state index in [0.717, 1.165) is 38.5 Å². The molecule has 0 unspecified atom stereocenters. The lowest BCUT2D eigenvalue weighted by atomic mass is 9.98. The average molecular weight is 253 g/mol. The monoisotopic (exact) mass is 253 g/mol. The van der Waals surface area contributed by atoms with Crippen molar-refractivity contribution in [2.75, 3.05) is 25.0 Å². The SMILES string of the molecule is O=[N+]([O-])c1cc(F)cc(NCC2CCNCC2)c1. The quantitative estimate of drug-likeness (QED) is 0.637. The molecule has 1 aliphatic heterocycles. The molecule has 6 heteroatoms. The maximum Gasteiger partial charge on any atom is 0.274 e. The molecule has 0 saturated carbocycles. The van der Waals surface area contributed by atoms with E-state index < -0.39 is 10.7 Å². The third-order valence-corrected chi connectivity index (χ3v) is 3.15. The number of rotatable bonds is 4. The minimum atomic E-state index is -0.586. The van der Waals surface area contributed by atoms with Crippen molar-refractivity contribution in [2.24, 2.45) is 5.92 Å². The smallest absolute Gasteiger partial charge is 0.274 e. The first kappa shape index (κ1) is 12.8. The standard InChI is InChI=1S/C12H16FN3O2/c13-10-5-11(7-12(6-10)16(17)18)15-8-9-1-3-14-4-2-9/h5-7,9,14-15H,1-4,8H2. The van der Waals surface area contributed by atoms with E-state index in [0.29, 0.717) is 11.6 Å². The zero-order chi connectivity index (χ0) is 13.0. The number of nitro benzene ring substituents is 1. The maximum absolute atomic E-state index is 13.2. The van der Waals surface area contributed by atoms with Crippen LogP contribution in [-0.2, 0) is 0 Å². The molecule has 1 heterocycles. The topological polar surface area (TPSA) is 67.2 Å². The van der Waals surface area contributed by atoms with Gasteiger partial charge in [0.05, 0.1) is 11.0 Å². The molecule has 0 radical (unpaired) electrons. The Morgan fingerprint density at radius 1 is 1.39 bits per heavy atom. The normalized spacial score (nSPS) is 16.5. The Kier molecular flexibility index (Phi) is 4.09. The fourth-order valence-corrected chi connectivity index (χ4v) is 2.13. The Morgan fingerprint density at radius 3 is 2.78 bits per heavy atom. The van der Waals surface area contributed by atoms with Gasteiger partial charge in [0.25, 0.3) is 5.69 Å². The fraction of sp³-hybridized carbons (Fsp3) is 0.500. The van der Waals surface area contributed by atoms with Crippen molar-refractivity contribution in [3.8, 4) is 0 Å². The predicted octanol–water partition coefficient (Wildman–Crippen LogP) is 2.15. The first-order chi connectivity index (χ1) is 8.65. The minimum Gasteiger partial charge on any atom is -0.384 e. The number of piperidine rings is 1. The number of hydrogen-bond acceptors (Lipinski definition) is 4. The van der Waals surface area contributed by atoms with Crippen molar-refractivity contribution in [1.82, 2.24) is 5.32 Å². The molecule has 0 aromatic heterocycles. The third kappa shape index (κ3) is 3.40. The van der Waals surface area contributed by atoms with Crippen LogP contribution in [-0.4, -0.2) is 24.6 Å². The number of nitrogens with one attached hydrogen (secondary N) is 2. The van der Waals surface area contributed by atoms with Crippen LogP contribution >= 0.6 is 0 Å². The molecule has 1 aromatic carbocycles.